The van der Waals surface area contributed by atoms with Crippen LogP contribution in [0.25, 0.3) is 0 Å². The summed E-state index contributed by atoms with van der Waals surface area (Å²) in [6.07, 6.45) is 2.38. The van der Waals surface area contributed by atoms with Crippen LogP contribution in [0.4, 0.5) is 0 Å². The van der Waals surface area contributed by atoms with E-state index in [-0.39, 0.29) is 11.5 Å². The zero-order valence-corrected chi connectivity index (χ0v) is 14.4. The Labute approximate surface area is 130 Å². The molecule has 1 atom stereocenters. The third-order valence-corrected chi connectivity index (χ3v) is 4.55. The number of piperazine rings is 1. The molecule has 1 amide bonds. The first-order chi connectivity index (χ1) is 9.84. The molecular formula is C16H33N3O2. The number of carbonyl (C=O) groups is 1. The third kappa shape index (κ3) is 7.25. The van der Waals surface area contributed by atoms with E-state index in [1.165, 1.54) is 0 Å². The molecule has 5 heteroatoms. The highest BCUT2D eigenvalue weighted by Crippen LogP contribution is 2.12. The van der Waals surface area contributed by atoms with Gasteiger partial charge in [-0.05, 0) is 40.7 Å². The molecule has 1 heterocycles. The van der Waals surface area contributed by atoms with Crippen molar-refractivity contribution in [2.45, 2.75) is 51.7 Å². The van der Waals surface area contributed by atoms with Crippen LogP contribution >= 0.6 is 0 Å². The van der Waals surface area contributed by atoms with Gasteiger partial charge < -0.3 is 15.0 Å². The lowest BCUT2D eigenvalue weighted by Crippen LogP contribution is -2.48. The Bertz CT molecular complexity index is 313. The molecule has 0 saturated carbocycles. The lowest BCUT2D eigenvalue weighted by molar-refractivity contribution is -0.121. The second-order valence-corrected chi connectivity index (χ2v) is 6.79. The minimum Gasteiger partial charge on any atom is -0.379 e. The van der Waals surface area contributed by atoms with Crippen molar-refractivity contribution >= 4 is 5.91 Å². The molecule has 0 unspecified atom stereocenters. The highest BCUT2D eigenvalue weighted by Gasteiger charge is 2.20. The molecule has 1 aliphatic heterocycles. The van der Waals surface area contributed by atoms with Crippen LogP contribution in [-0.2, 0) is 9.53 Å². The van der Waals surface area contributed by atoms with Crippen LogP contribution in [0.3, 0.4) is 0 Å². The highest BCUT2D eigenvalue weighted by atomic mass is 16.5. The zero-order chi connectivity index (χ0) is 15.9. The Morgan fingerprint density at radius 2 is 1.90 bits per heavy atom. The first-order valence-electron chi connectivity index (χ1n) is 8.08. The van der Waals surface area contributed by atoms with E-state index in [1.807, 2.05) is 13.8 Å². The summed E-state index contributed by atoms with van der Waals surface area (Å²) in [5, 5.41) is 2.99. The summed E-state index contributed by atoms with van der Waals surface area (Å²) in [7, 11) is 3.87. The minimum atomic E-state index is -0.166. The summed E-state index contributed by atoms with van der Waals surface area (Å²) in [4.78, 5) is 16.7. The van der Waals surface area contributed by atoms with Crippen LogP contribution in [0.5, 0.6) is 0 Å². The highest BCUT2D eigenvalue weighted by molar-refractivity contribution is 5.75. The second kappa shape index (κ2) is 8.71. The summed E-state index contributed by atoms with van der Waals surface area (Å²) < 4.78 is 5.34. The number of carbonyl (C=O) groups excluding carboxylic acids is 1. The average Bonchev–Trinajstić information content (AvgIpc) is 2.45. The first-order valence-corrected chi connectivity index (χ1v) is 8.08. The number of ether oxygens (including phenoxy) is 1. The molecule has 0 aromatic heterocycles. The van der Waals surface area contributed by atoms with Crippen molar-refractivity contribution in [2.75, 3.05) is 46.9 Å². The van der Waals surface area contributed by atoms with Gasteiger partial charge in [0.15, 0.2) is 0 Å². The molecule has 0 aromatic rings. The van der Waals surface area contributed by atoms with Gasteiger partial charge in [0.1, 0.15) is 0 Å². The lowest BCUT2D eigenvalue weighted by atomic mass is 10.1. The molecule has 0 radical (unpaired) electrons. The second-order valence-electron chi connectivity index (χ2n) is 6.79. The van der Waals surface area contributed by atoms with Gasteiger partial charge in [-0.1, -0.05) is 0 Å². The van der Waals surface area contributed by atoms with Gasteiger partial charge in [0.25, 0.3) is 0 Å². The molecule has 0 aromatic carbocycles. The van der Waals surface area contributed by atoms with Crippen molar-refractivity contribution < 1.29 is 9.53 Å². The van der Waals surface area contributed by atoms with Crippen molar-refractivity contribution in [1.29, 1.82) is 0 Å². The Morgan fingerprint density at radius 3 is 2.48 bits per heavy atom. The normalized spacial score (nSPS) is 19.5. The molecule has 0 spiro atoms. The smallest absolute Gasteiger partial charge is 0.220 e. The van der Waals surface area contributed by atoms with E-state index in [0.29, 0.717) is 19.0 Å². The van der Waals surface area contributed by atoms with E-state index in [0.717, 1.165) is 39.0 Å². The largest absolute Gasteiger partial charge is 0.379 e. The van der Waals surface area contributed by atoms with E-state index in [4.69, 9.17) is 4.74 Å². The summed E-state index contributed by atoms with van der Waals surface area (Å²) in [6.45, 7) is 11.5. The Kier molecular flexibility index (Phi) is 7.63. The molecule has 124 valence electrons. The van der Waals surface area contributed by atoms with Gasteiger partial charge in [0.2, 0.25) is 5.91 Å². The maximum atomic E-state index is 11.9. The van der Waals surface area contributed by atoms with Crippen LogP contribution in [0.15, 0.2) is 0 Å². The molecule has 1 saturated heterocycles. The lowest BCUT2D eigenvalue weighted by Gasteiger charge is -2.36. The molecule has 1 fully saturated rings. The monoisotopic (exact) mass is 299 g/mol. The van der Waals surface area contributed by atoms with E-state index in [1.54, 1.807) is 7.11 Å². The van der Waals surface area contributed by atoms with Gasteiger partial charge >= 0.3 is 0 Å². The van der Waals surface area contributed by atoms with Crippen molar-refractivity contribution in [3.05, 3.63) is 0 Å². The van der Waals surface area contributed by atoms with E-state index >= 15 is 0 Å². The third-order valence-electron chi connectivity index (χ3n) is 4.55. The number of rotatable bonds is 8. The van der Waals surface area contributed by atoms with Crippen LogP contribution in [0.2, 0.25) is 0 Å². The van der Waals surface area contributed by atoms with Crippen molar-refractivity contribution in [3.8, 4) is 0 Å². The Morgan fingerprint density at radius 1 is 1.29 bits per heavy atom. The molecular weight excluding hydrogens is 266 g/mol. The Hall–Kier alpha value is -0.650. The number of likely N-dealkylation sites (N-methyl/N-ethyl adjacent to an activating group) is 1. The molecule has 21 heavy (non-hydrogen) atoms. The van der Waals surface area contributed by atoms with Crippen LogP contribution in [0.1, 0.15) is 40.0 Å². The van der Waals surface area contributed by atoms with E-state index in [2.05, 4.69) is 29.1 Å². The minimum absolute atomic E-state index is 0.155. The molecule has 0 aliphatic carbocycles. The molecule has 1 rings (SSSR count). The number of hydrogen-bond donors (Lipinski definition) is 1. The Balaban J connectivity index is 2.15. The fourth-order valence-electron chi connectivity index (χ4n) is 2.48. The molecule has 5 nitrogen and oxygen atoms in total. The van der Waals surface area contributed by atoms with Gasteiger partial charge in [-0.25, -0.2) is 0 Å². The number of nitrogens with zero attached hydrogens (tertiary/aromatic N) is 2. The van der Waals surface area contributed by atoms with Crippen LogP contribution < -0.4 is 5.32 Å². The average molecular weight is 299 g/mol. The number of methoxy groups -OCH3 is 1. The topological polar surface area (TPSA) is 44.8 Å². The quantitative estimate of drug-likeness (QED) is 0.734. The SMILES string of the molecule is COC(C)(C)CCNC(=O)CC[C@H](C)N1CCN(C)CC1. The first kappa shape index (κ1) is 18.4. The summed E-state index contributed by atoms with van der Waals surface area (Å²) in [5.74, 6) is 0.155. The predicted molar refractivity (Wildman–Crippen MR) is 86.5 cm³/mol. The van der Waals surface area contributed by atoms with Gasteiger partial charge in [0, 0.05) is 52.3 Å². The van der Waals surface area contributed by atoms with Crippen molar-refractivity contribution in [2.24, 2.45) is 0 Å². The van der Waals surface area contributed by atoms with Gasteiger partial charge in [0.05, 0.1) is 5.60 Å². The molecule has 1 N–H and O–H groups in total. The summed E-state index contributed by atoms with van der Waals surface area (Å²) in [5.41, 5.74) is -0.166. The standard InChI is InChI=1S/C16H33N3O2/c1-14(19-12-10-18(4)11-13-19)6-7-15(20)17-9-8-16(2,3)21-5/h14H,6-13H2,1-5H3,(H,17,20)/t14-/m0/s1. The van der Waals surface area contributed by atoms with E-state index in [9.17, 15) is 4.79 Å². The van der Waals surface area contributed by atoms with Gasteiger partial charge in [-0.3, -0.25) is 9.69 Å². The van der Waals surface area contributed by atoms with Gasteiger partial charge in [-0.2, -0.15) is 0 Å². The summed E-state index contributed by atoms with van der Waals surface area (Å²) >= 11 is 0. The van der Waals surface area contributed by atoms with Crippen molar-refractivity contribution in [1.82, 2.24) is 15.1 Å². The fraction of sp³-hybridized carbons (Fsp3) is 0.938. The van der Waals surface area contributed by atoms with Crippen molar-refractivity contribution in [3.63, 3.8) is 0 Å². The summed E-state index contributed by atoms with van der Waals surface area (Å²) in [6, 6.07) is 0.486. The van der Waals surface area contributed by atoms with Crippen LogP contribution in [-0.4, -0.2) is 74.2 Å². The zero-order valence-electron chi connectivity index (χ0n) is 14.4. The number of hydrogen-bond acceptors (Lipinski definition) is 4. The maximum Gasteiger partial charge on any atom is 0.220 e. The fourth-order valence-corrected chi connectivity index (χ4v) is 2.48. The predicted octanol–water partition coefficient (Wildman–Crippen LogP) is 1.33. The number of amides is 1. The molecule has 0 bridgehead atoms. The van der Waals surface area contributed by atoms with Gasteiger partial charge in [-0.15, -0.1) is 0 Å². The maximum absolute atomic E-state index is 11.9. The van der Waals surface area contributed by atoms with E-state index < -0.39 is 0 Å². The number of nitrogens with one attached hydrogen (secondary N) is 1. The molecule has 1 aliphatic rings. The van der Waals surface area contributed by atoms with Crippen LogP contribution in [0, 0.1) is 0 Å².